The van der Waals surface area contributed by atoms with Gasteiger partial charge in [0.15, 0.2) is 0 Å². The second-order valence-electron chi connectivity index (χ2n) is 0.868. The molecule has 0 unspecified atom stereocenters. The maximum absolute atomic E-state index is 8.10. The summed E-state index contributed by atoms with van der Waals surface area (Å²) in [6, 6.07) is 0. The van der Waals surface area contributed by atoms with E-state index in [1.54, 1.807) is 0 Å². The van der Waals surface area contributed by atoms with Gasteiger partial charge in [-0.15, -0.1) is 0 Å². The molecule has 0 saturated carbocycles. The monoisotopic (exact) mass is 106 g/mol. The van der Waals surface area contributed by atoms with Crippen molar-refractivity contribution in [2.75, 3.05) is 7.05 Å². The van der Waals surface area contributed by atoms with Crippen molar-refractivity contribution in [3.05, 3.63) is 11.7 Å². The molecule has 0 spiro atoms. The Kier molecular flexibility index (Phi) is 2.76. The Hall–Kier alpha value is -0.240. The minimum atomic E-state index is -0.0417. The molecule has 0 aliphatic carbocycles. The fourth-order valence-electron chi connectivity index (χ4n) is 0.0612. The van der Waals surface area contributed by atoms with Crippen LogP contribution in [0, 0.1) is 0 Å². The van der Waals surface area contributed by atoms with Crippen LogP contribution in [0.1, 0.15) is 0 Å². The minimum absolute atomic E-state index is 0.0417. The Balaban J connectivity index is 3.14. The van der Waals surface area contributed by atoms with Gasteiger partial charge in [0.05, 0.1) is 0 Å². The van der Waals surface area contributed by atoms with Crippen LogP contribution in [0.4, 0.5) is 0 Å². The number of rotatable bonds is 2. The lowest BCUT2D eigenvalue weighted by molar-refractivity contribution is -0.400. The molecule has 0 bridgehead atoms. The van der Waals surface area contributed by atoms with Gasteiger partial charge in [-0.2, -0.15) is 0 Å². The third kappa shape index (κ3) is 2.45. The van der Waals surface area contributed by atoms with Crippen LogP contribution < -0.4 is 0 Å². The van der Waals surface area contributed by atoms with Crippen LogP contribution in [0.15, 0.2) is 0 Å². The highest BCUT2D eigenvalue weighted by atomic mass is 17.0. The van der Waals surface area contributed by atoms with E-state index in [1.165, 1.54) is 7.05 Å². The average Bonchev–Trinajstić information content (AvgIpc) is 1.65. The molecule has 0 radical (unpaired) electrons. The Labute approximate surface area is 40.6 Å². The first-order chi connectivity index (χ1) is 3.18. The van der Waals surface area contributed by atoms with Gasteiger partial charge in [-0.3, -0.25) is 10.3 Å². The summed E-state index contributed by atoms with van der Waals surface area (Å²) < 4.78 is 0. The second-order valence-corrected chi connectivity index (χ2v) is 0.868. The first-order valence-electron chi connectivity index (χ1n) is 1.46. The fraction of sp³-hybridized carbons (Fsp3) is 1.00. The van der Waals surface area contributed by atoms with Crippen molar-refractivity contribution in [2.45, 2.75) is 0 Å². The van der Waals surface area contributed by atoms with E-state index in [1.807, 2.05) is 0 Å². The third-order valence-electron chi connectivity index (χ3n) is 0.338. The Morgan fingerprint density at radius 1 is 1.71 bits per heavy atom. The van der Waals surface area contributed by atoms with Gasteiger partial charge in [0.25, 0.3) is 0 Å². The lowest BCUT2D eigenvalue weighted by Crippen LogP contribution is -2.28. The summed E-state index contributed by atoms with van der Waals surface area (Å²) in [6.45, 7) is 0. The van der Waals surface area contributed by atoms with E-state index in [-0.39, 0.29) is 5.34 Å². The zero-order valence-corrected chi connectivity index (χ0v) is 3.75. The van der Waals surface area contributed by atoms with Crippen LogP contribution >= 0.6 is 0 Å². The first-order valence-corrected chi connectivity index (χ1v) is 1.46. The van der Waals surface area contributed by atoms with Crippen LogP contribution in [-0.2, 0) is 4.94 Å². The molecule has 6 nitrogen and oxygen atoms in total. The predicted molar refractivity (Wildman–Crippen MR) is 21.1 cm³/mol. The highest BCUT2D eigenvalue weighted by molar-refractivity contribution is 4.25. The molecule has 0 saturated heterocycles. The topological polar surface area (TPSA) is 83.5 Å². The second kappa shape index (κ2) is 2.86. The van der Waals surface area contributed by atoms with Gasteiger partial charge in [0, 0.05) is 0 Å². The Morgan fingerprint density at radius 3 is 2.14 bits per heavy atom. The first kappa shape index (κ1) is 6.76. The van der Waals surface area contributed by atoms with Gasteiger partial charge < -0.3 is 16.7 Å². The Morgan fingerprint density at radius 2 is 2.14 bits per heavy atom. The summed E-state index contributed by atoms with van der Waals surface area (Å²) in [6.07, 6.45) is 0. The fourth-order valence-corrected chi connectivity index (χ4v) is 0.0612. The molecule has 0 aromatic heterocycles. The SMILES string of the molecule is CN([NH-])N(O)O[NH-]. The molecule has 0 aliphatic heterocycles. The molecule has 0 aromatic carbocycles. The molecular weight excluding hydrogens is 100 g/mol. The molecule has 0 fully saturated rings. The maximum Gasteiger partial charge on any atom is -0.0142 e. The summed E-state index contributed by atoms with van der Waals surface area (Å²) in [7, 11) is 1.20. The van der Waals surface area contributed by atoms with Crippen molar-refractivity contribution in [3.63, 3.8) is 0 Å². The summed E-state index contributed by atoms with van der Waals surface area (Å²) >= 11 is 0. The van der Waals surface area contributed by atoms with Crippen molar-refractivity contribution in [3.8, 4) is 0 Å². The third-order valence-corrected chi connectivity index (χ3v) is 0.338. The number of nitrogens with one attached hydrogen (secondary N) is 2. The number of hydrogen-bond donors (Lipinski definition) is 1. The molecule has 0 heterocycles. The standard InChI is InChI=1S/CH6N4O2/c1-4(2)5(6)7-3/h2-3,6H,1H3/q-2. The minimum Gasteiger partial charge on any atom is -0.591 e. The number of nitrogens with zero attached hydrogens (tertiary/aromatic N) is 2. The predicted octanol–water partition coefficient (Wildman–Crippen LogP) is 0.390. The largest absolute Gasteiger partial charge is 0.591 e. The highest BCUT2D eigenvalue weighted by Gasteiger charge is 1.85. The number of hydrogen-bond acceptors (Lipinski definition) is 4. The highest BCUT2D eigenvalue weighted by Crippen LogP contribution is 1.87. The molecule has 3 N–H and O–H groups in total. The van der Waals surface area contributed by atoms with Crippen molar-refractivity contribution >= 4 is 0 Å². The van der Waals surface area contributed by atoms with E-state index >= 15 is 0 Å². The van der Waals surface area contributed by atoms with Crippen LogP contribution in [0.5, 0.6) is 0 Å². The van der Waals surface area contributed by atoms with Gasteiger partial charge in [-0.25, -0.2) is 0 Å². The molecule has 0 atom stereocenters. The molecule has 0 aliphatic rings. The van der Waals surface area contributed by atoms with Gasteiger partial charge in [-0.05, 0) is 12.4 Å². The lowest BCUT2D eigenvalue weighted by atomic mass is 11.4. The van der Waals surface area contributed by atoms with E-state index < -0.39 is 0 Å². The summed E-state index contributed by atoms with van der Waals surface area (Å²) in [5.41, 5.74) is 0. The summed E-state index contributed by atoms with van der Waals surface area (Å²) in [5, 5.41) is 8.51. The van der Waals surface area contributed by atoms with E-state index in [4.69, 9.17) is 16.9 Å². The molecule has 6 heteroatoms. The maximum atomic E-state index is 8.10. The van der Waals surface area contributed by atoms with Crippen LogP contribution in [0.3, 0.4) is 0 Å². The molecule has 7 heavy (non-hydrogen) atoms. The summed E-state index contributed by atoms with van der Waals surface area (Å²) in [5.74, 6) is 12.4. The van der Waals surface area contributed by atoms with E-state index in [2.05, 4.69) is 4.94 Å². The summed E-state index contributed by atoms with van der Waals surface area (Å²) in [4.78, 5) is 3.39. The van der Waals surface area contributed by atoms with Crippen molar-refractivity contribution in [2.24, 2.45) is 0 Å². The Bertz CT molecular complexity index is 47.0. The lowest BCUT2D eigenvalue weighted by Gasteiger charge is -2.29. The average molecular weight is 106 g/mol. The van der Waals surface area contributed by atoms with Crippen molar-refractivity contribution < 1.29 is 10.1 Å². The normalized spacial score (nSPS) is 11.1. The van der Waals surface area contributed by atoms with Crippen molar-refractivity contribution in [1.29, 1.82) is 0 Å². The molecule has 0 aromatic rings. The van der Waals surface area contributed by atoms with Crippen LogP contribution in [0.25, 0.3) is 11.7 Å². The molecular formula is CH6N4O2-2. The molecule has 0 amide bonds. The van der Waals surface area contributed by atoms with Gasteiger partial charge in [0.1, 0.15) is 0 Å². The van der Waals surface area contributed by atoms with E-state index in [9.17, 15) is 0 Å². The number of hydrazine groups is 1. The van der Waals surface area contributed by atoms with Gasteiger partial charge in [0.2, 0.25) is 0 Å². The zero-order valence-electron chi connectivity index (χ0n) is 3.75. The quantitative estimate of drug-likeness (QED) is 0.516. The van der Waals surface area contributed by atoms with E-state index in [0.29, 0.717) is 5.12 Å². The van der Waals surface area contributed by atoms with Gasteiger partial charge >= 0.3 is 0 Å². The molecule has 44 valence electrons. The zero-order chi connectivity index (χ0) is 5.86. The van der Waals surface area contributed by atoms with Gasteiger partial charge in [-0.1, -0.05) is 0 Å². The van der Waals surface area contributed by atoms with Crippen LogP contribution in [0.2, 0.25) is 0 Å². The van der Waals surface area contributed by atoms with Crippen LogP contribution in [-0.4, -0.2) is 22.7 Å². The molecule has 0 rings (SSSR count). The smallest absolute Gasteiger partial charge is 0.0142 e. The van der Waals surface area contributed by atoms with E-state index in [0.717, 1.165) is 0 Å². The van der Waals surface area contributed by atoms with Crippen molar-refractivity contribution in [1.82, 2.24) is 10.5 Å².